The van der Waals surface area contributed by atoms with Crippen molar-refractivity contribution in [2.75, 3.05) is 0 Å². The third kappa shape index (κ3) is 3.55. The summed E-state index contributed by atoms with van der Waals surface area (Å²) in [6.07, 6.45) is -4.53. The zero-order chi connectivity index (χ0) is 21.7. The number of carboxylic acids is 1. The topological polar surface area (TPSA) is 79.5 Å². The van der Waals surface area contributed by atoms with Crippen LogP contribution in [0.4, 0.5) is 13.2 Å². The van der Waals surface area contributed by atoms with Crippen LogP contribution in [0.2, 0.25) is 5.02 Å². The summed E-state index contributed by atoms with van der Waals surface area (Å²) in [6, 6.07) is 6.30. The largest absolute Gasteiger partial charge is 0.506 e. The van der Waals surface area contributed by atoms with Gasteiger partial charge in [-0.3, -0.25) is 14.2 Å². The predicted molar refractivity (Wildman–Crippen MR) is 101 cm³/mol. The maximum absolute atomic E-state index is 13.1. The van der Waals surface area contributed by atoms with E-state index < -0.39 is 29.5 Å². The summed E-state index contributed by atoms with van der Waals surface area (Å²) < 4.78 is 39.5. The third-order valence-electron chi connectivity index (χ3n) is 4.79. The van der Waals surface area contributed by atoms with Gasteiger partial charge in [0, 0.05) is 16.6 Å². The molecule has 9 heteroatoms. The highest BCUT2D eigenvalue weighted by Crippen LogP contribution is 2.38. The molecule has 0 aliphatic carbocycles. The summed E-state index contributed by atoms with van der Waals surface area (Å²) in [6.45, 7) is 2.96. The number of carboxylic acid groups (broad SMARTS) is 1. The molecule has 2 N–H and O–H groups in total. The highest BCUT2D eigenvalue weighted by molar-refractivity contribution is 6.33. The number of phenolic OH excluding ortho intramolecular Hbond substituents is 1. The van der Waals surface area contributed by atoms with Gasteiger partial charge < -0.3 is 10.2 Å². The van der Waals surface area contributed by atoms with E-state index in [-0.39, 0.29) is 21.9 Å². The van der Waals surface area contributed by atoms with Gasteiger partial charge in [0.05, 0.1) is 22.0 Å². The molecule has 1 unspecified atom stereocenters. The van der Waals surface area contributed by atoms with Crippen molar-refractivity contribution in [3.63, 3.8) is 0 Å². The molecule has 152 valence electrons. The number of alkyl halides is 3. The van der Waals surface area contributed by atoms with E-state index in [1.165, 1.54) is 30.5 Å². The van der Waals surface area contributed by atoms with Gasteiger partial charge in [0.1, 0.15) is 5.75 Å². The van der Waals surface area contributed by atoms with Gasteiger partial charge in [0.25, 0.3) is 5.91 Å². The lowest BCUT2D eigenvalue weighted by Gasteiger charge is -2.11. The Bertz CT molecular complexity index is 1130. The van der Waals surface area contributed by atoms with Gasteiger partial charge in [0.15, 0.2) is 0 Å². The fourth-order valence-corrected chi connectivity index (χ4v) is 3.47. The van der Waals surface area contributed by atoms with Crippen LogP contribution >= 0.6 is 11.6 Å². The molecule has 5 nitrogen and oxygen atoms in total. The number of halogens is 4. The summed E-state index contributed by atoms with van der Waals surface area (Å²) in [7, 11) is 0. The van der Waals surface area contributed by atoms with E-state index >= 15 is 0 Å². The van der Waals surface area contributed by atoms with Crippen LogP contribution in [-0.2, 0) is 11.0 Å². The van der Waals surface area contributed by atoms with E-state index in [9.17, 15) is 33.0 Å². The normalized spacial score (nSPS) is 12.9. The highest BCUT2D eigenvalue weighted by atomic mass is 35.5. The SMILES string of the molecule is Cc1c(C(C)C(=O)O)c2cc(O)c(Cl)cc2n1C(=O)c1ccc(C(F)(F)F)cc1. The standard InChI is InChI=1S/C20H15ClF3NO4/c1-9(19(28)29)17-10(2)25(15-8-14(21)16(26)7-13(15)17)18(27)11-3-5-12(6-4-11)20(22,23)24/h3-9,26H,1-2H3,(H,28,29). The van der Waals surface area contributed by atoms with Crippen LogP contribution in [0.25, 0.3) is 10.9 Å². The number of phenols is 1. The quantitative estimate of drug-likeness (QED) is 0.604. The van der Waals surface area contributed by atoms with Gasteiger partial charge in [-0.2, -0.15) is 13.2 Å². The molecule has 1 aromatic heterocycles. The first kappa shape index (κ1) is 20.7. The Morgan fingerprint density at radius 2 is 1.72 bits per heavy atom. The molecule has 0 spiro atoms. The van der Waals surface area contributed by atoms with Crippen molar-refractivity contribution in [3.8, 4) is 5.75 Å². The van der Waals surface area contributed by atoms with Gasteiger partial charge in [-0.1, -0.05) is 11.6 Å². The fourth-order valence-electron chi connectivity index (χ4n) is 3.31. The van der Waals surface area contributed by atoms with Crippen molar-refractivity contribution in [2.24, 2.45) is 0 Å². The van der Waals surface area contributed by atoms with Gasteiger partial charge in [-0.15, -0.1) is 0 Å². The first-order valence-electron chi connectivity index (χ1n) is 8.41. The Labute approximate surface area is 167 Å². The predicted octanol–water partition coefficient (Wildman–Crippen LogP) is 5.20. The monoisotopic (exact) mass is 425 g/mol. The summed E-state index contributed by atoms with van der Waals surface area (Å²) in [5.41, 5.74) is -0.0625. The number of benzene rings is 2. The second-order valence-corrected chi connectivity index (χ2v) is 7.00. The number of nitrogens with zero attached hydrogens (tertiary/aromatic N) is 1. The van der Waals surface area contributed by atoms with E-state index in [0.717, 1.165) is 24.3 Å². The second-order valence-electron chi connectivity index (χ2n) is 6.60. The lowest BCUT2D eigenvalue weighted by molar-refractivity contribution is -0.138. The Kier molecular flexibility index (Phi) is 5.08. The molecule has 29 heavy (non-hydrogen) atoms. The summed E-state index contributed by atoms with van der Waals surface area (Å²) >= 11 is 5.97. The van der Waals surface area contributed by atoms with Gasteiger partial charge >= 0.3 is 12.1 Å². The number of fused-ring (bicyclic) bond motifs is 1. The molecule has 0 bridgehead atoms. The van der Waals surface area contributed by atoms with Crippen LogP contribution in [-0.4, -0.2) is 26.7 Å². The van der Waals surface area contributed by atoms with Crippen molar-refractivity contribution in [2.45, 2.75) is 25.9 Å². The molecule has 1 atom stereocenters. The zero-order valence-electron chi connectivity index (χ0n) is 15.2. The lowest BCUT2D eigenvalue weighted by Crippen LogP contribution is -2.15. The van der Waals surface area contributed by atoms with Crippen LogP contribution in [0.3, 0.4) is 0 Å². The molecule has 0 saturated heterocycles. The maximum Gasteiger partial charge on any atom is 0.416 e. The summed E-state index contributed by atoms with van der Waals surface area (Å²) in [4.78, 5) is 24.6. The Balaban J connectivity index is 2.23. The fraction of sp³-hybridized carbons (Fsp3) is 0.200. The van der Waals surface area contributed by atoms with Crippen LogP contribution in [0.5, 0.6) is 5.75 Å². The van der Waals surface area contributed by atoms with Crippen molar-refractivity contribution in [1.82, 2.24) is 4.57 Å². The lowest BCUT2D eigenvalue weighted by atomic mass is 9.98. The molecule has 0 amide bonds. The number of hydrogen-bond donors (Lipinski definition) is 2. The maximum atomic E-state index is 13.1. The second kappa shape index (κ2) is 7.11. The van der Waals surface area contributed by atoms with Crippen LogP contribution in [0, 0.1) is 6.92 Å². The van der Waals surface area contributed by atoms with Crippen molar-refractivity contribution >= 4 is 34.4 Å². The first-order valence-corrected chi connectivity index (χ1v) is 8.79. The van der Waals surface area contributed by atoms with E-state index in [1.54, 1.807) is 0 Å². The van der Waals surface area contributed by atoms with Crippen molar-refractivity contribution in [3.05, 3.63) is 63.8 Å². The molecule has 0 saturated carbocycles. The molecular weight excluding hydrogens is 411 g/mol. The minimum atomic E-state index is -4.53. The van der Waals surface area contributed by atoms with E-state index in [0.29, 0.717) is 16.6 Å². The molecular formula is C20H15ClF3NO4. The van der Waals surface area contributed by atoms with Crippen LogP contribution in [0.1, 0.15) is 40.0 Å². The summed E-state index contributed by atoms with van der Waals surface area (Å²) in [5.74, 6) is -3.06. The molecule has 3 aromatic rings. The smallest absolute Gasteiger partial charge is 0.416 e. The Morgan fingerprint density at radius 3 is 2.24 bits per heavy atom. The number of hydrogen-bond acceptors (Lipinski definition) is 3. The van der Waals surface area contributed by atoms with Crippen molar-refractivity contribution in [1.29, 1.82) is 0 Å². The number of rotatable bonds is 3. The Hall–Kier alpha value is -3.00. The van der Waals surface area contributed by atoms with Crippen LogP contribution < -0.4 is 0 Å². The zero-order valence-corrected chi connectivity index (χ0v) is 16.0. The van der Waals surface area contributed by atoms with Gasteiger partial charge in [-0.25, -0.2) is 0 Å². The minimum Gasteiger partial charge on any atom is -0.506 e. The number of aromatic hydroxyl groups is 1. The van der Waals surface area contributed by atoms with Gasteiger partial charge in [-0.05, 0) is 55.8 Å². The molecule has 0 aliphatic heterocycles. The average Bonchev–Trinajstić information content (AvgIpc) is 2.91. The number of aromatic nitrogens is 1. The number of carbonyl (C=O) groups is 2. The van der Waals surface area contributed by atoms with E-state index in [4.69, 9.17) is 11.6 Å². The Morgan fingerprint density at radius 1 is 1.14 bits per heavy atom. The molecule has 0 radical (unpaired) electrons. The minimum absolute atomic E-state index is 0.0169. The average molecular weight is 426 g/mol. The third-order valence-corrected chi connectivity index (χ3v) is 5.09. The molecule has 2 aromatic carbocycles. The molecule has 0 fully saturated rings. The number of aliphatic carboxylic acids is 1. The highest BCUT2D eigenvalue weighted by Gasteiger charge is 2.31. The molecule has 1 heterocycles. The van der Waals surface area contributed by atoms with Crippen molar-refractivity contribution < 1.29 is 33.0 Å². The van der Waals surface area contributed by atoms with Gasteiger partial charge in [0.2, 0.25) is 0 Å². The first-order chi connectivity index (χ1) is 13.4. The van der Waals surface area contributed by atoms with Crippen LogP contribution in [0.15, 0.2) is 36.4 Å². The van der Waals surface area contributed by atoms with E-state index in [2.05, 4.69) is 0 Å². The molecule has 0 aliphatic rings. The van der Waals surface area contributed by atoms with E-state index in [1.807, 2.05) is 0 Å². The summed E-state index contributed by atoms with van der Waals surface area (Å²) in [5, 5.41) is 19.6. The number of carbonyl (C=O) groups excluding carboxylic acids is 1. The molecule has 3 rings (SSSR count).